The summed E-state index contributed by atoms with van der Waals surface area (Å²) in [5.74, 6) is 0.227. The maximum absolute atomic E-state index is 10.8. The van der Waals surface area contributed by atoms with E-state index in [0.29, 0.717) is 0 Å². The van der Waals surface area contributed by atoms with Gasteiger partial charge in [0.2, 0.25) is 0 Å². The van der Waals surface area contributed by atoms with Crippen LogP contribution in [0.15, 0.2) is 12.1 Å². The highest BCUT2D eigenvalue weighted by Crippen LogP contribution is 2.28. The van der Waals surface area contributed by atoms with Crippen LogP contribution in [0, 0.1) is 32.8 Å². The number of rotatable bonds is 3. The monoisotopic (exact) mass is 217 g/mol. The van der Waals surface area contributed by atoms with Crippen LogP contribution in [0.3, 0.4) is 0 Å². The molecule has 6 heteroatoms. The number of benzene rings is 1. The molecule has 6 nitrogen and oxygen atoms in total. The van der Waals surface area contributed by atoms with Gasteiger partial charge in [0.1, 0.15) is 5.75 Å². The minimum Gasteiger partial charge on any atom is -0.496 e. The number of methoxy groups -OCH3 is 1. The van der Waals surface area contributed by atoms with E-state index >= 15 is 0 Å². The van der Waals surface area contributed by atoms with Crippen LogP contribution in [-0.4, -0.2) is 12.0 Å². The molecule has 0 bridgehead atoms. The first kappa shape index (κ1) is 11.5. The molecule has 0 N–H and O–H groups in total. The van der Waals surface area contributed by atoms with Crippen LogP contribution in [0.25, 0.3) is 0 Å². The number of hydrogen-bond acceptors (Lipinski definition) is 5. The Labute approximate surface area is 91.4 Å². The summed E-state index contributed by atoms with van der Waals surface area (Å²) in [4.78, 5) is 10.1. The van der Waals surface area contributed by atoms with E-state index in [9.17, 15) is 10.1 Å². The Bertz CT molecular complexity index is 511. The molecule has 0 aliphatic heterocycles. The molecule has 0 spiro atoms. The van der Waals surface area contributed by atoms with Crippen molar-refractivity contribution in [1.29, 1.82) is 10.5 Å². The zero-order valence-electron chi connectivity index (χ0n) is 8.43. The normalized spacial score (nSPS) is 8.94. The fourth-order valence-corrected chi connectivity index (χ4v) is 1.28. The molecule has 0 amide bonds. The summed E-state index contributed by atoms with van der Waals surface area (Å²) < 4.78 is 4.84. The lowest BCUT2D eigenvalue weighted by molar-refractivity contribution is -0.385. The van der Waals surface area contributed by atoms with Gasteiger partial charge in [-0.15, -0.1) is 0 Å². The number of ether oxygens (including phenoxy) is 1. The van der Waals surface area contributed by atoms with E-state index in [1.807, 2.05) is 6.07 Å². The summed E-state index contributed by atoms with van der Waals surface area (Å²) in [6.07, 6.45) is -0.177. The zero-order chi connectivity index (χ0) is 12.1. The first-order valence-electron chi connectivity index (χ1n) is 4.26. The van der Waals surface area contributed by atoms with Gasteiger partial charge in [0.05, 0.1) is 47.8 Å². The fourth-order valence-electron chi connectivity index (χ4n) is 1.28. The maximum Gasteiger partial charge on any atom is 0.278 e. The highest BCUT2D eigenvalue weighted by molar-refractivity contribution is 5.56. The molecule has 0 radical (unpaired) electrons. The van der Waals surface area contributed by atoms with E-state index in [1.165, 1.54) is 19.2 Å². The minimum atomic E-state index is -0.629. The molecule has 1 aromatic carbocycles. The molecule has 0 aliphatic carbocycles. The van der Waals surface area contributed by atoms with Crippen molar-refractivity contribution in [3.63, 3.8) is 0 Å². The third-order valence-corrected chi connectivity index (χ3v) is 2.01. The Morgan fingerprint density at radius 2 is 2.19 bits per heavy atom. The van der Waals surface area contributed by atoms with E-state index in [4.69, 9.17) is 15.3 Å². The average Bonchev–Trinajstić information content (AvgIpc) is 2.29. The Hall–Kier alpha value is -2.60. The third kappa shape index (κ3) is 2.07. The maximum atomic E-state index is 10.8. The molecular formula is C10H7N3O3. The first-order chi connectivity index (χ1) is 7.63. The summed E-state index contributed by atoms with van der Waals surface area (Å²) in [5.41, 5.74) is -0.0548. The van der Waals surface area contributed by atoms with Crippen molar-refractivity contribution < 1.29 is 9.66 Å². The lowest BCUT2D eigenvalue weighted by Gasteiger charge is -2.04. The Balaban J connectivity index is 3.50. The van der Waals surface area contributed by atoms with Gasteiger partial charge in [0.25, 0.3) is 5.69 Å². The van der Waals surface area contributed by atoms with E-state index in [1.54, 1.807) is 6.07 Å². The molecule has 0 aliphatic rings. The van der Waals surface area contributed by atoms with Crippen LogP contribution in [0.4, 0.5) is 5.69 Å². The van der Waals surface area contributed by atoms with E-state index in [2.05, 4.69) is 0 Å². The number of nitro benzene ring substituents is 1. The van der Waals surface area contributed by atoms with Gasteiger partial charge in [-0.05, 0) is 6.07 Å². The molecule has 0 fully saturated rings. The molecule has 0 atom stereocenters. The summed E-state index contributed by atoms with van der Waals surface area (Å²) in [6, 6.07) is 6.19. The highest BCUT2D eigenvalue weighted by atomic mass is 16.6. The van der Waals surface area contributed by atoms with Crippen molar-refractivity contribution in [2.45, 2.75) is 6.42 Å². The average molecular weight is 217 g/mol. The highest BCUT2D eigenvalue weighted by Gasteiger charge is 2.19. The second-order valence-corrected chi connectivity index (χ2v) is 2.88. The summed E-state index contributed by atoms with van der Waals surface area (Å²) in [7, 11) is 1.35. The fraction of sp³-hybridized carbons (Fsp3) is 0.200. The second-order valence-electron chi connectivity index (χ2n) is 2.88. The van der Waals surface area contributed by atoms with Gasteiger partial charge in [-0.3, -0.25) is 10.1 Å². The quantitative estimate of drug-likeness (QED) is 0.564. The van der Waals surface area contributed by atoms with Crippen molar-refractivity contribution in [3.05, 3.63) is 33.4 Å². The Morgan fingerprint density at radius 1 is 1.50 bits per heavy atom. The van der Waals surface area contributed by atoms with E-state index < -0.39 is 4.92 Å². The topological polar surface area (TPSA) is 99.9 Å². The number of hydrogen-bond donors (Lipinski definition) is 0. The lowest BCUT2D eigenvalue weighted by Crippen LogP contribution is -1.99. The third-order valence-electron chi connectivity index (χ3n) is 2.01. The summed E-state index contributed by atoms with van der Waals surface area (Å²) >= 11 is 0. The van der Waals surface area contributed by atoms with Crippen LogP contribution in [0.2, 0.25) is 0 Å². The van der Waals surface area contributed by atoms with Gasteiger partial charge in [-0.2, -0.15) is 10.5 Å². The van der Waals surface area contributed by atoms with E-state index in [-0.39, 0.29) is 29.0 Å². The van der Waals surface area contributed by atoms with Gasteiger partial charge in [0, 0.05) is 0 Å². The Kier molecular flexibility index (Phi) is 3.41. The molecule has 16 heavy (non-hydrogen) atoms. The predicted octanol–water partition coefficient (Wildman–Crippen LogP) is 1.54. The van der Waals surface area contributed by atoms with Crippen molar-refractivity contribution >= 4 is 5.69 Å². The smallest absolute Gasteiger partial charge is 0.278 e. The molecule has 80 valence electrons. The first-order valence-corrected chi connectivity index (χ1v) is 4.26. The molecule has 0 heterocycles. The molecule has 0 unspecified atom stereocenters. The van der Waals surface area contributed by atoms with Crippen molar-refractivity contribution in [2.24, 2.45) is 0 Å². The van der Waals surface area contributed by atoms with Gasteiger partial charge >= 0.3 is 0 Å². The summed E-state index contributed by atoms with van der Waals surface area (Å²) in [6.45, 7) is 0. The molecule has 0 aromatic heterocycles. The zero-order valence-corrected chi connectivity index (χ0v) is 8.43. The van der Waals surface area contributed by atoms with Crippen LogP contribution >= 0.6 is 0 Å². The minimum absolute atomic E-state index is 0.0904. The standard InChI is InChI=1S/C10H7N3O3/c1-16-8-4-7(6-12)9(2-3-11)10(5-8)13(14)15/h4-5H,2H2,1H3. The van der Waals surface area contributed by atoms with Crippen LogP contribution in [-0.2, 0) is 6.42 Å². The second kappa shape index (κ2) is 4.76. The molecule has 1 rings (SSSR count). The summed E-state index contributed by atoms with van der Waals surface area (Å²) in [5, 5.41) is 28.2. The molecular weight excluding hydrogens is 210 g/mol. The predicted molar refractivity (Wildman–Crippen MR) is 53.7 cm³/mol. The van der Waals surface area contributed by atoms with Crippen LogP contribution < -0.4 is 4.74 Å². The van der Waals surface area contributed by atoms with Crippen molar-refractivity contribution in [1.82, 2.24) is 0 Å². The van der Waals surface area contributed by atoms with Crippen LogP contribution in [0.1, 0.15) is 11.1 Å². The number of nitro groups is 1. The molecule has 0 saturated carbocycles. The van der Waals surface area contributed by atoms with Gasteiger partial charge in [-0.1, -0.05) is 0 Å². The van der Waals surface area contributed by atoms with Crippen LogP contribution in [0.5, 0.6) is 5.75 Å². The molecule has 0 saturated heterocycles. The van der Waals surface area contributed by atoms with E-state index in [0.717, 1.165) is 0 Å². The van der Waals surface area contributed by atoms with Crippen molar-refractivity contribution in [2.75, 3.05) is 7.11 Å². The largest absolute Gasteiger partial charge is 0.496 e. The van der Waals surface area contributed by atoms with Gasteiger partial charge in [0.15, 0.2) is 0 Å². The lowest BCUT2D eigenvalue weighted by atomic mass is 10.0. The Morgan fingerprint density at radius 3 is 2.62 bits per heavy atom. The van der Waals surface area contributed by atoms with Gasteiger partial charge < -0.3 is 4.74 Å². The SMILES string of the molecule is COc1cc(C#N)c(CC#N)c([N+](=O)[O-])c1. The number of nitrogens with zero attached hydrogens (tertiary/aromatic N) is 3. The van der Waals surface area contributed by atoms with Gasteiger partial charge in [-0.25, -0.2) is 0 Å². The van der Waals surface area contributed by atoms with Crippen molar-refractivity contribution in [3.8, 4) is 17.9 Å². The molecule has 1 aromatic rings. The number of nitriles is 2.